The fourth-order valence-electron chi connectivity index (χ4n) is 4.21. The SMILES string of the molecule is CC(C)n1ncc2c(C(=O)NCc3cccc4c3CCCN4)cc(C3CC3)nc21. The molecule has 0 unspecified atom stereocenters. The molecule has 1 aliphatic carbocycles. The zero-order valence-electron chi connectivity index (χ0n) is 17.0. The molecule has 2 aromatic heterocycles. The minimum atomic E-state index is -0.0519. The average molecular weight is 390 g/mol. The fraction of sp³-hybridized carbons (Fsp3) is 0.435. The molecule has 0 spiro atoms. The van der Waals surface area contributed by atoms with Gasteiger partial charge in [-0.25, -0.2) is 9.67 Å². The van der Waals surface area contributed by atoms with Gasteiger partial charge in [-0.15, -0.1) is 0 Å². The molecule has 2 N–H and O–H groups in total. The van der Waals surface area contributed by atoms with Gasteiger partial charge in [-0.05, 0) is 62.8 Å². The number of fused-ring (bicyclic) bond motifs is 2. The lowest BCUT2D eigenvalue weighted by molar-refractivity contribution is 0.0952. The molecular weight excluding hydrogens is 362 g/mol. The first-order valence-electron chi connectivity index (χ1n) is 10.6. The van der Waals surface area contributed by atoms with E-state index in [0.717, 1.165) is 49.0 Å². The molecule has 6 heteroatoms. The number of nitrogens with zero attached hydrogens (tertiary/aromatic N) is 3. The van der Waals surface area contributed by atoms with Crippen LogP contribution < -0.4 is 10.6 Å². The van der Waals surface area contributed by atoms with Crippen molar-refractivity contribution in [1.29, 1.82) is 0 Å². The van der Waals surface area contributed by atoms with Crippen LogP contribution in [0.2, 0.25) is 0 Å². The molecule has 1 aliphatic heterocycles. The van der Waals surface area contributed by atoms with Crippen molar-refractivity contribution in [2.75, 3.05) is 11.9 Å². The third-order valence-corrected chi connectivity index (χ3v) is 5.95. The molecule has 6 nitrogen and oxygen atoms in total. The van der Waals surface area contributed by atoms with E-state index in [0.29, 0.717) is 18.0 Å². The highest BCUT2D eigenvalue weighted by molar-refractivity contribution is 6.05. The Morgan fingerprint density at radius 3 is 3.00 bits per heavy atom. The van der Waals surface area contributed by atoms with Gasteiger partial charge in [0.25, 0.3) is 5.91 Å². The van der Waals surface area contributed by atoms with Gasteiger partial charge in [0.1, 0.15) is 0 Å². The fourth-order valence-corrected chi connectivity index (χ4v) is 4.21. The summed E-state index contributed by atoms with van der Waals surface area (Å²) in [5.74, 6) is 0.428. The number of hydrogen-bond donors (Lipinski definition) is 2. The first-order chi connectivity index (χ1) is 14.1. The summed E-state index contributed by atoms with van der Waals surface area (Å²) in [5, 5.41) is 11.9. The van der Waals surface area contributed by atoms with Crippen LogP contribution in [0.15, 0.2) is 30.5 Å². The molecule has 1 fully saturated rings. The normalized spacial score (nSPS) is 16.0. The largest absolute Gasteiger partial charge is 0.385 e. The molecule has 0 saturated heterocycles. The van der Waals surface area contributed by atoms with Crippen LogP contribution in [-0.2, 0) is 13.0 Å². The summed E-state index contributed by atoms with van der Waals surface area (Å²) in [6.07, 6.45) is 6.27. The van der Waals surface area contributed by atoms with Gasteiger partial charge in [0.2, 0.25) is 0 Å². The Kier molecular flexibility index (Phi) is 4.49. The lowest BCUT2D eigenvalue weighted by Gasteiger charge is -2.21. The van der Waals surface area contributed by atoms with Crippen molar-refractivity contribution >= 4 is 22.6 Å². The molecule has 0 atom stereocenters. The first kappa shape index (κ1) is 18.2. The van der Waals surface area contributed by atoms with E-state index >= 15 is 0 Å². The topological polar surface area (TPSA) is 71.8 Å². The van der Waals surface area contributed by atoms with E-state index in [4.69, 9.17) is 4.98 Å². The minimum absolute atomic E-state index is 0.0519. The maximum Gasteiger partial charge on any atom is 0.252 e. The Hall–Kier alpha value is -2.89. The van der Waals surface area contributed by atoms with Gasteiger partial charge in [-0.1, -0.05) is 12.1 Å². The van der Waals surface area contributed by atoms with Crippen LogP contribution in [0.3, 0.4) is 0 Å². The molecule has 0 bridgehead atoms. The minimum Gasteiger partial charge on any atom is -0.385 e. The van der Waals surface area contributed by atoms with Crippen molar-refractivity contribution in [1.82, 2.24) is 20.1 Å². The Morgan fingerprint density at radius 1 is 1.34 bits per heavy atom. The van der Waals surface area contributed by atoms with Gasteiger partial charge in [-0.3, -0.25) is 4.79 Å². The number of aromatic nitrogens is 3. The summed E-state index contributed by atoms with van der Waals surface area (Å²) in [7, 11) is 0. The lowest BCUT2D eigenvalue weighted by Crippen LogP contribution is -2.25. The highest BCUT2D eigenvalue weighted by atomic mass is 16.1. The van der Waals surface area contributed by atoms with Crippen LogP contribution >= 0.6 is 0 Å². The zero-order valence-corrected chi connectivity index (χ0v) is 17.0. The maximum absolute atomic E-state index is 13.2. The molecule has 3 aromatic rings. The Labute approximate surface area is 170 Å². The number of benzene rings is 1. The van der Waals surface area contributed by atoms with E-state index in [1.807, 2.05) is 10.7 Å². The van der Waals surface area contributed by atoms with Gasteiger partial charge in [0.15, 0.2) is 5.65 Å². The third kappa shape index (κ3) is 3.37. The van der Waals surface area contributed by atoms with Gasteiger partial charge in [0, 0.05) is 36.4 Å². The smallest absolute Gasteiger partial charge is 0.252 e. The van der Waals surface area contributed by atoms with Crippen LogP contribution in [0.25, 0.3) is 11.0 Å². The quantitative estimate of drug-likeness (QED) is 0.687. The van der Waals surface area contributed by atoms with Gasteiger partial charge in [-0.2, -0.15) is 5.10 Å². The van der Waals surface area contributed by atoms with Crippen molar-refractivity contribution in [3.05, 3.63) is 52.8 Å². The summed E-state index contributed by atoms with van der Waals surface area (Å²) in [5.41, 5.74) is 6.23. The molecule has 0 radical (unpaired) electrons. The highest BCUT2D eigenvalue weighted by Crippen LogP contribution is 2.40. The Morgan fingerprint density at radius 2 is 2.21 bits per heavy atom. The number of carbonyl (C=O) groups excluding carboxylic acids is 1. The van der Waals surface area contributed by atoms with Gasteiger partial charge in [0.05, 0.1) is 17.1 Å². The van der Waals surface area contributed by atoms with Crippen molar-refractivity contribution in [3.63, 3.8) is 0 Å². The number of carbonyl (C=O) groups is 1. The van der Waals surface area contributed by atoms with E-state index in [2.05, 4.69) is 47.8 Å². The van der Waals surface area contributed by atoms with Gasteiger partial charge >= 0.3 is 0 Å². The molecule has 2 aliphatic rings. The van der Waals surface area contributed by atoms with Crippen LogP contribution in [0.5, 0.6) is 0 Å². The van der Waals surface area contributed by atoms with Crippen molar-refractivity contribution < 1.29 is 4.79 Å². The van der Waals surface area contributed by atoms with E-state index < -0.39 is 0 Å². The van der Waals surface area contributed by atoms with Crippen LogP contribution in [0.4, 0.5) is 5.69 Å². The number of nitrogens with one attached hydrogen (secondary N) is 2. The number of rotatable bonds is 5. The monoisotopic (exact) mass is 389 g/mol. The van der Waals surface area contributed by atoms with Crippen molar-refractivity contribution in [2.45, 2.75) is 58.0 Å². The summed E-state index contributed by atoms with van der Waals surface area (Å²) in [6.45, 7) is 5.72. The summed E-state index contributed by atoms with van der Waals surface area (Å²) >= 11 is 0. The first-order valence-corrected chi connectivity index (χ1v) is 10.6. The number of pyridine rings is 1. The number of anilines is 1. The highest BCUT2D eigenvalue weighted by Gasteiger charge is 2.28. The molecule has 5 rings (SSSR count). The van der Waals surface area contributed by atoms with Crippen LogP contribution in [0, 0.1) is 0 Å². The van der Waals surface area contributed by atoms with Crippen LogP contribution in [0.1, 0.15) is 72.2 Å². The third-order valence-electron chi connectivity index (χ3n) is 5.95. The summed E-state index contributed by atoms with van der Waals surface area (Å²) in [6, 6.07) is 8.47. The number of amides is 1. The van der Waals surface area contributed by atoms with E-state index in [1.54, 1.807) is 6.20 Å². The second kappa shape index (κ2) is 7.17. The Balaban J connectivity index is 1.45. The summed E-state index contributed by atoms with van der Waals surface area (Å²) < 4.78 is 1.91. The molecule has 150 valence electrons. The maximum atomic E-state index is 13.2. The van der Waals surface area contributed by atoms with E-state index in [9.17, 15) is 4.79 Å². The summed E-state index contributed by atoms with van der Waals surface area (Å²) in [4.78, 5) is 18.0. The lowest BCUT2D eigenvalue weighted by atomic mass is 9.97. The Bertz CT molecular complexity index is 1080. The van der Waals surface area contributed by atoms with Gasteiger partial charge < -0.3 is 10.6 Å². The zero-order chi connectivity index (χ0) is 20.0. The molecule has 1 aromatic carbocycles. The average Bonchev–Trinajstić information content (AvgIpc) is 3.50. The van der Waals surface area contributed by atoms with Crippen molar-refractivity contribution in [2.24, 2.45) is 0 Å². The van der Waals surface area contributed by atoms with Crippen LogP contribution in [-0.4, -0.2) is 27.2 Å². The van der Waals surface area contributed by atoms with E-state index in [-0.39, 0.29) is 11.9 Å². The van der Waals surface area contributed by atoms with Crippen molar-refractivity contribution in [3.8, 4) is 0 Å². The molecule has 3 heterocycles. The second-order valence-electron chi connectivity index (χ2n) is 8.45. The molecular formula is C23H27N5O. The predicted octanol–water partition coefficient (Wildman–Crippen LogP) is 4.18. The second-order valence-corrected chi connectivity index (χ2v) is 8.45. The standard InChI is InChI=1S/C23H27N5O/c1-14(2)28-22-19(13-26-28)18(11-21(27-22)15-8-9-15)23(29)25-12-16-5-3-7-20-17(16)6-4-10-24-20/h3,5,7,11,13-15,24H,4,6,8-10,12H2,1-2H3,(H,25,29). The predicted molar refractivity (Wildman–Crippen MR) is 114 cm³/mol. The molecule has 1 amide bonds. The molecule has 1 saturated carbocycles. The number of hydrogen-bond acceptors (Lipinski definition) is 4. The van der Waals surface area contributed by atoms with E-state index in [1.165, 1.54) is 16.8 Å². The molecule has 29 heavy (non-hydrogen) atoms.